The summed E-state index contributed by atoms with van der Waals surface area (Å²) in [5.74, 6) is -0.153. The highest BCUT2D eigenvalue weighted by Crippen LogP contribution is 2.32. The second-order valence-electron chi connectivity index (χ2n) is 4.71. The van der Waals surface area contributed by atoms with Gasteiger partial charge in [-0.05, 0) is 32.1 Å². The molecule has 0 heterocycles. The molecule has 1 rings (SSSR count). The normalized spacial score (nSPS) is 10.4. The molecule has 1 aromatic carbocycles. The van der Waals surface area contributed by atoms with Crippen LogP contribution in [0.1, 0.15) is 19.3 Å². The van der Waals surface area contributed by atoms with Crippen molar-refractivity contribution in [1.29, 1.82) is 5.26 Å². The summed E-state index contributed by atoms with van der Waals surface area (Å²) in [5.41, 5.74) is 6.51. The molecule has 114 valence electrons. The topological polar surface area (TPSA) is 82.2 Å². The number of anilines is 2. The Hall–Kier alpha value is -1.48. The molecule has 0 spiro atoms. The van der Waals surface area contributed by atoms with Gasteiger partial charge in [0.25, 0.3) is 0 Å². The van der Waals surface area contributed by atoms with Crippen molar-refractivity contribution < 1.29 is 4.79 Å². The summed E-state index contributed by atoms with van der Waals surface area (Å²) >= 11 is 11.8. The van der Waals surface area contributed by atoms with Gasteiger partial charge in [-0.15, -0.1) is 0 Å². The van der Waals surface area contributed by atoms with Crippen molar-refractivity contribution in [3.63, 3.8) is 0 Å². The molecule has 0 radical (unpaired) electrons. The molecule has 0 saturated carbocycles. The van der Waals surface area contributed by atoms with Crippen molar-refractivity contribution in [3.05, 3.63) is 22.2 Å². The number of benzene rings is 1. The van der Waals surface area contributed by atoms with E-state index in [4.69, 9.17) is 34.2 Å². The van der Waals surface area contributed by atoms with Crippen LogP contribution in [0.2, 0.25) is 10.0 Å². The molecule has 0 aliphatic heterocycles. The third-order valence-corrected chi connectivity index (χ3v) is 3.42. The summed E-state index contributed by atoms with van der Waals surface area (Å²) in [6.45, 7) is 1.45. The zero-order chi connectivity index (χ0) is 15.8. The molecule has 0 bridgehead atoms. The van der Waals surface area contributed by atoms with Crippen LogP contribution in [0.15, 0.2) is 12.1 Å². The van der Waals surface area contributed by atoms with E-state index in [1.165, 1.54) is 6.07 Å². The molecule has 7 heteroatoms. The Kier molecular flexibility index (Phi) is 7.30. The third kappa shape index (κ3) is 6.21. The lowest BCUT2D eigenvalue weighted by atomic mass is 10.2. The number of hydrogen-bond donors (Lipinski definition) is 2. The molecule has 1 aromatic rings. The number of hydrogen-bond acceptors (Lipinski definition) is 4. The molecular weight excluding hydrogens is 311 g/mol. The van der Waals surface area contributed by atoms with Gasteiger partial charge >= 0.3 is 0 Å². The van der Waals surface area contributed by atoms with Gasteiger partial charge in [0.15, 0.2) is 0 Å². The van der Waals surface area contributed by atoms with Crippen molar-refractivity contribution in [2.24, 2.45) is 0 Å². The number of nitrogens with two attached hydrogens (primary N) is 1. The Bertz CT molecular complexity index is 519. The smallest absolute Gasteiger partial charge is 0.224 e. The zero-order valence-corrected chi connectivity index (χ0v) is 13.3. The van der Waals surface area contributed by atoms with E-state index < -0.39 is 0 Å². The Balaban J connectivity index is 2.43. The molecule has 0 atom stereocenters. The fourth-order valence-corrected chi connectivity index (χ4v) is 2.35. The number of halogens is 2. The molecule has 21 heavy (non-hydrogen) atoms. The quantitative estimate of drug-likeness (QED) is 0.753. The maximum Gasteiger partial charge on any atom is 0.224 e. The predicted molar refractivity (Wildman–Crippen MR) is 86.5 cm³/mol. The molecular formula is C14H18Cl2N4O. The summed E-state index contributed by atoms with van der Waals surface area (Å²) in [7, 11) is 1.92. The summed E-state index contributed by atoms with van der Waals surface area (Å²) in [6, 6.07) is 5.16. The van der Waals surface area contributed by atoms with E-state index in [0.717, 1.165) is 6.54 Å². The summed E-state index contributed by atoms with van der Waals surface area (Å²) in [6.07, 6.45) is 1.54. The molecule has 0 aromatic heterocycles. The first-order chi connectivity index (χ1) is 9.93. The van der Waals surface area contributed by atoms with E-state index >= 15 is 0 Å². The standard InChI is InChI=1S/C14H18Cl2N4O/c1-20(7-3-5-17)6-2-4-13(21)19-14-11(16)8-10(15)9-12(14)18/h8-9H,2-4,6-7,18H2,1H3,(H,19,21). The molecule has 0 fully saturated rings. The SMILES string of the molecule is CN(CCC#N)CCCC(=O)Nc1c(N)cc(Cl)cc1Cl. The van der Waals surface area contributed by atoms with Crippen molar-refractivity contribution in [2.75, 3.05) is 31.2 Å². The largest absolute Gasteiger partial charge is 0.397 e. The maximum absolute atomic E-state index is 11.9. The van der Waals surface area contributed by atoms with Gasteiger partial charge < -0.3 is 16.0 Å². The highest BCUT2D eigenvalue weighted by atomic mass is 35.5. The van der Waals surface area contributed by atoms with Crippen LogP contribution in [0.4, 0.5) is 11.4 Å². The van der Waals surface area contributed by atoms with Crippen molar-refractivity contribution >= 4 is 40.5 Å². The lowest BCUT2D eigenvalue weighted by Gasteiger charge is -2.15. The van der Waals surface area contributed by atoms with Crippen LogP contribution in [0.5, 0.6) is 0 Å². The summed E-state index contributed by atoms with van der Waals surface area (Å²) < 4.78 is 0. The maximum atomic E-state index is 11.9. The Morgan fingerprint density at radius 1 is 1.43 bits per heavy atom. The Labute approximate surface area is 134 Å². The zero-order valence-electron chi connectivity index (χ0n) is 11.8. The summed E-state index contributed by atoms with van der Waals surface area (Å²) in [5, 5.41) is 11.9. The molecule has 5 nitrogen and oxygen atoms in total. The number of carbonyl (C=O) groups excluding carboxylic acids is 1. The minimum Gasteiger partial charge on any atom is -0.397 e. The number of amides is 1. The average molecular weight is 329 g/mol. The Morgan fingerprint density at radius 3 is 2.76 bits per heavy atom. The van der Waals surface area contributed by atoms with E-state index in [1.807, 2.05) is 11.9 Å². The minimum absolute atomic E-state index is 0.153. The van der Waals surface area contributed by atoms with Crippen molar-refractivity contribution in [3.8, 4) is 6.07 Å². The van der Waals surface area contributed by atoms with Gasteiger partial charge in [0.1, 0.15) is 0 Å². The van der Waals surface area contributed by atoms with Crippen LogP contribution in [-0.2, 0) is 4.79 Å². The minimum atomic E-state index is -0.153. The number of nitrogen functional groups attached to an aromatic ring is 1. The fraction of sp³-hybridized carbons (Fsp3) is 0.429. The highest BCUT2D eigenvalue weighted by Gasteiger charge is 2.10. The van der Waals surface area contributed by atoms with E-state index in [-0.39, 0.29) is 5.91 Å². The molecule has 0 unspecified atom stereocenters. The first kappa shape index (κ1) is 17.6. The molecule has 0 saturated heterocycles. The second kappa shape index (κ2) is 8.73. The number of nitriles is 1. The monoisotopic (exact) mass is 328 g/mol. The predicted octanol–water partition coefficient (Wildman–Crippen LogP) is 3.14. The van der Waals surface area contributed by atoms with Crippen molar-refractivity contribution in [1.82, 2.24) is 4.90 Å². The van der Waals surface area contributed by atoms with E-state index in [2.05, 4.69) is 11.4 Å². The molecule has 0 aliphatic rings. The van der Waals surface area contributed by atoms with Crippen LogP contribution in [0, 0.1) is 11.3 Å². The third-order valence-electron chi connectivity index (χ3n) is 2.90. The van der Waals surface area contributed by atoms with Gasteiger partial charge in [-0.3, -0.25) is 4.79 Å². The molecule has 1 amide bonds. The number of nitrogens with zero attached hydrogens (tertiary/aromatic N) is 2. The van der Waals surface area contributed by atoms with E-state index in [1.54, 1.807) is 6.07 Å². The number of nitrogens with one attached hydrogen (secondary N) is 1. The van der Waals surface area contributed by atoms with Crippen LogP contribution < -0.4 is 11.1 Å². The van der Waals surface area contributed by atoms with Crippen LogP contribution >= 0.6 is 23.2 Å². The van der Waals surface area contributed by atoms with E-state index in [9.17, 15) is 4.79 Å². The first-order valence-electron chi connectivity index (χ1n) is 6.54. The number of carbonyl (C=O) groups is 1. The van der Waals surface area contributed by atoms with Crippen LogP contribution in [0.25, 0.3) is 0 Å². The number of rotatable bonds is 7. The fourth-order valence-electron chi connectivity index (χ4n) is 1.79. The van der Waals surface area contributed by atoms with Gasteiger partial charge in [0.05, 0.1) is 22.5 Å². The highest BCUT2D eigenvalue weighted by molar-refractivity contribution is 6.37. The Morgan fingerprint density at radius 2 is 2.14 bits per heavy atom. The van der Waals surface area contributed by atoms with Crippen LogP contribution in [0.3, 0.4) is 0 Å². The van der Waals surface area contributed by atoms with Crippen molar-refractivity contribution in [2.45, 2.75) is 19.3 Å². The first-order valence-corrected chi connectivity index (χ1v) is 7.29. The second-order valence-corrected chi connectivity index (χ2v) is 5.56. The average Bonchev–Trinajstić information content (AvgIpc) is 2.40. The summed E-state index contributed by atoms with van der Waals surface area (Å²) in [4.78, 5) is 13.9. The molecule has 0 aliphatic carbocycles. The lowest BCUT2D eigenvalue weighted by Crippen LogP contribution is -2.22. The van der Waals surface area contributed by atoms with Gasteiger partial charge in [-0.2, -0.15) is 5.26 Å². The van der Waals surface area contributed by atoms with Gasteiger partial charge in [0, 0.05) is 24.4 Å². The van der Waals surface area contributed by atoms with Crippen LogP contribution in [-0.4, -0.2) is 30.9 Å². The lowest BCUT2D eigenvalue weighted by molar-refractivity contribution is -0.116. The molecule has 3 N–H and O–H groups in total. The van der Waals surface area contributed by atoms with Gasteiger partial charge in [0.2, 0.25) is 5.91 Å². The van der Waals surface area contributed by atoms with Gasteiger partial charge in [-0.1, -0.05) is 23.2 Å². The van der Waals surface area contributed by atoms with Gasteiger partial charge in [-0.25, -0.2) is 0 Å². The van der Waals surface area contributed by atoms with E-state index in [0.29, 0.717) is 47.2 Å².